The maximum atomic E-state index is 13.6. The Kier molecular flexibility index (Phi) is 6.12. The molecule has 0 N–H and O–H groups in total. The predicted molar refractivity (Wildman–Crippen MR) is 124 cm³/mol. The number of fused-ring (bicyclic) bond motifs is 2. The van der Waals surface area contributed by atoms with Crippen molar-refractivity contribution in [3.8, 4) is 11.1 Å². The molecule has 1 aliphatic heterocycles. The third-order valence-electron chi connectivity index (χ3n) is 8.01. The highest BCUT2D eigenvalue weighted by atomic mass is 19.1. The van der Waals surface area contributed by atoms with Gasteiger partial charge in [-0.05, 0) is 66.9 Å². The molecule has 0 radical (unpaired) electrons. The summed E-state index contributed by atoms with van der Waals surface area (Å²) in [6.45, 7) is 2.13. The number of esters is 1. The summed E-state index contributed by atoms with van der Waals surface area (Å²) in [4.78, 5) is 17.3. The molecule has 32 heavy (non-hydrogen) atoms. The first-order valence-electron chi connectivity index (χ1n) is 12.2. The molecule has 2 aliphatic carbocycles. The first-order chi connectivity index (χ1) is 15.6. The molecule has 6 atom stereocenters. The lowest BCUT2D eigenvalue weighted by Gasteiger charge is -2.43. The summed E-state index contributed by atoms with van der Waals surface area (Å²) in [5.41, 5.74) is 2.64. The van der Waals surface area contributed by atoms with Crippen molar-refractivity contribution in [1.29, 1.82) is 0 Å². The van der Waals surface area contributed by atoms with Crippen LogP contribution in [0.15, 0.2) is 48.7 Å². The minimum Gasteiger partial charge on any atom is -0.462 e. The van der Waals surface area contributed by atoms with E-state index in [0.717, 1.165) is 29.7 Å². The van der Waals surface area contributed by atoms with Gasteiger partial charge in [-0.2, -0.15) is 0 Å². The molecule has 0 amide bonds. The number of carbonyl (C=O) groups excluding carboxylic acids is 1. The van der Waals surface area contributed by atoms with E-state index in [9.17, 15) is 9.18 Å². The van der Waals surface area contributed by atoms with Gasteiger partial charge in [0.05, 0.1) is 11.6 Å². The largest absolute Gasteiger partial charge is 0.462 e. The van der Waals surface area contributed by atoms with E-state index < -0.39 is 0 Å². The predicted octanol–water partition coefficient (Wildman–Crippen LogP) is 6.69. The number of rotatable bonds is 4. The van der Waals surface area contributed by atoms with E-state index in [1.54, 1.807) is 6.07 Å². The first kappa shape index (κ1) is 21.4. The molecule has 2 saturated carbocycles. The van der Waals surface area contributed by atoms with Gasteiger partial charge in [0.25, 0.3) is 0 Å². The Labute approximate surface area is 190 Å². The first-order valence-corrected chi connectivity index (χ1v) is 12.2. The molecule has 2 aromatic rings. The van der Waals surface area contributed by atoms with Crippen molar-refractivity contribution in [2.45, 2.75) is 58.0 Å². The topological polar surface area (TPSA) is 39.2 Å². The van der Waals surface area contributed by atoms with Gasteiger partial charge in [-0.25, -0.2) is 4.39 Å². The molecule has 0 spiro atoms. The second-order valence-corrected chi connectivity index (χ2v) is 9.78. The molecule has 4 heteroatoms. The Morgan fingerprint density at radius 2 is 2.00 bits per heavy atom. The van der Waals surface area contributed by atoms with Crippen molar-refractivity contribution in [3.63, 3.8) is 0 Å². The van der Waals surface area contributed by atoms with Crippen molar-refractivity contribution in [2.75, 3.05) is 0 Å². The number of carbonyl (C=O) groups is 1. The number of benzene rings is 1. The minimum atomic E-state index is -0.241. The summed E-state index contributed by atoms with van der Waals surface area (Å²) in [6.07, 6.45) is 14.6. The number of aromatic nitrogens is 1. The third-order valence-corrected chi connectivity index (χ3v) is 8.01. The normalized spacial score (nSPS) is 32.2. The van der Waals surface area contributed by atoms with Crippen molar-refractivity contribution < 1.29 is 13.9 Å². The van der Waals surface area contributed by atoms with Crippen LogP contribution in [0.2, 0.25) is 0 Å². The number of nitrogens with zero attached hydrogens (tertiary/aromatic N) is 1. The van der Waals surface area contributed by atoms with Crippen LogP contribution < -0.4 is 0 Å². The van der Waals surface area contributed by atoms with E-state index in [2.05, 4.69) is 24.1 Å². The summed E-state index contributed by atoms with van der Waals surface area (Å²) >= 11 is 0. The fourth-order valence-corrected chi connectivity index (χ4v) is 6.50. The lowest BCUT2D eigenvalue weighted by molar-refractivity contribution is -0.144. The van der Waals surface area contributed by atoms with E-state index in [1.165, 1.54) is 44.2 Å². The standard InChI is InChI=1S/C28H32FNO2/c1-2-26-27-24(23-10-5-3-4-7-19(23)16-25(27)28(31)32-26)14-13-22-12-11-20(17-30-22)18-8-6-9-21(29)15-18/h6,8-9,11-15,17,19,23-27H,2-5,7,10,16H2,1H3/b14-13+/t19-,23?,24-,25+,26?,27-/m0/s1. The van der Waals surface area contributed by atoms with Gasteiger partial charge in [0, 0.05) is 17.7 Å². The highest BCUT2D eigenvalue weighted by molar-refractivity contribution is 5.75. The molecular formula is C28H32FNO2. The summed E-state index contributed by atoms with van der Waals surface area (Å²) in [5.74, 6) is 1.74. The number of allylic oxidation sites excluding steroid dienone is 1. The number of ether oxygens (including phenoxy) is 1. The van der Waals surface area contributed by atoms with Crippen molar-refractivity contribution >= 4 is 12.0 Å². The lowest BCUT2D eigenvalue weighted by atomic mass is 9.59. The highest BCUT2D eigenvalue weighted by Crippen LogP contribution is 2.53. The van der Waals surface area contributed by atoms with Crippen molar-refractivity contribution in [3.05, 3.63) is 60.2 Å². The number of pyridine rings is 1. The molecular weight excluding hydrogens is 401 g/mol. The Hall–Kier alpha value is -2.49. The van der Waals surface area contributed by atoms with Crippen LogP contribution in [0.5, 0.6) is 0 Å². The fraction of sp³-hybridized carbons (Fsp3) is 0.500. The summed E-state index contributed by atoms with van der Waals surface area (Å²) in [7, 11) is 0. The zero-order chi connectivity index (χ0) is 22.1. The van der Waals surface area contributed by atoms with Gasteiger partial charge in [-0.1, -0.05) is 56.9 Å². The van der Waals surface area contributed by atoms with Crippen LogP contribution in [0.25, 0.3) is 17.2 Å². The van der Waals surface area contributed by atoms with Crippen LogP contribution in [0.1, 0.15) is 57.6 Å². The molecule has 168 valence electrons. The molecule has 3 nitrogen and oxygen atoms in total. The Morgan fingerprint density at radius 3 is 2.78 bits per heavy atom. The number of hydrogen-bond donors (Lipinski definition) is 0. The molecule has 1 aromatic carbocycles. The molecule has 2 heterocycles. The number of hydrogen-bond acceptors (Lipinski definition) is 3. The zero-order valence-corrected chi connectivity index (χ0v) is 18.8. The number of cyclic esters (lactones) is 1. The smallest absolute Gasteiger partial charge is 0.309 e. The molecule has 3 fully saturated rings. The summed E-state index contributed by atoms with van der Waals surface area (Å²) in [6, 6.07) is 10.6. The lowest BCUT2D eigenvalue weighted by Crippen LogP contribution is -2.41. The molecule has 0 bridgehead atoms. The zero-order valence-electron chi connectivity index (χ0n) is 18.8. The van der Waals surface area contributed by atoms with Gasteiger partial charge < -0.3 is 4.74 Å². The van der Waals surface area contributed by atoms with Crippen LogP contribution in [0.4, 0.5) is 4.39 Å². The van der Waals surface area contributed by atoms with Crippen molar-refractivity contribution in [2.24, 2.45) is 29.6 Å². The molecule has 2 unspecified atom stereocenters. The van der Waals surface area contributed by atoms with Gasteiger partial charge in [0.2, 0.25) is 0 Å². The van der Waals surface area contributed by atoms with Crippen LogP contribution in [-0.2, 0) is 9.53 Å². The van der Waals surface area contributed by atoms with E-state index >= 15 is 0 Å². The van der Waals surface area contributed by atoms with E-state index in [4.69, 9.17) is 4.74 Å². The number of halogens is 1. The minimum absolute atomic E-state index is 0.0283. The highest BCUT2D eigenvalue weighted by Gasteiger charge is 2.54. The maximum absolute atomic E-state index is 13.6. The van der Waals surface area contributed by atoms with Crippen molar-refractivity contribution in [1.82, 2.24) is 4.98 Å². The van der Waals surface area contributed by atoms with E-state index in [0.29, 0.717) is 17.8 Å². The monoisotopic (exact) mass is 433 g/mol. The van der Waals surface area contributed by atoms with Gasteiger partial charge in [0.1, 0.15) is 11.9 Å². The van der Waals surface area contributed by atoms with Crippen LogP contribution in [0.3, 0.4) is 0 Å². The molecule has 1 aromatic heterocycles. The SMILES string of the molecule is CCC1OC(=O)[C@@H]2C[C@@H]3CCCCCC3[C@H](/C=C/c3ccc(-c4cccc(F)c4)cn3)[C@H]12. The quantitative estimate of drug-likeness (QED) is 0.505. The van der Waals surface area contributed by atoms with E-state index in [-0.39, 0.29) is 29.7 Å². The van der Waals surface area contributed by atoms with Gasteiger partial charge in [-0.3, -0.25) is 9.78 Å². The second kappa shape index (κ2) is 9.17. The Morgan fingerprint density at radius 1 is 1.12 bits per heavy atom. The van der Waals surface area contributed by atoms with Gasteiger partial charge in [0.15, 0.2) is 0 Å². The molecule has 5 rings (SSSR count). The summed E-state index contributed by atoms with van der Waals surface area (Å²) in [5, 5.41) is 0. The average Bonchev–Trinajstić information content (AvgIpc) is 2.97. The van der Waals surface area contributed by atoms with Crippen LogP contribution >= 0.6 is 0 Å². The van der Waals surface area contributed by atoms with Gasteiger partial charge in [-0.15, -0.1) is 0 Å². The second-order valence-electron chi connectivity index (χ2n) is 9.78. The molecule has 3 aliphatic rings. The van der Waals surface area contributed by atoms with Crippen LogP contribution in [-0.4, -0.2) is 17.1 Å². The summed E-state index contributed by atoms with van der Waals surface area (Å²) < 4.78 is 19.4. The van der Waals surface area contributed by atoms with Crippen LogP contribution in [0, 0.1) is 35.4 Å². The Bertz CT molecular complexity index is 985. The molecule has 1 saturated heterocycles. The third kappa shape index (κ3) is 4.12. The maximum Gasteiger partial charge on any atom is 0.309 e. The average molecular weight is 434 g/mol. The van der Waals surface area contributed by atoms with Gasteiger partial charge >= 0.3 is 5.97 Å². The van der Waals surface area contributed by atoms with E-state index in [1.807, 2.05) is 24.4 Å². The fourth-order valence-electron chi connectivity index (χ4n) is 6.50. The Balaban J connectivity index is 1.41.